The van der Waals surface area contributed by atoms with E-state index >= 15 is 0 Å². The molecule has 1 aromatic rings. The van der Waals surface area contributed by atoms with Gasteiger partial charge >= 0.3 is 0 Å². The van der Waals surface area contributed by atoms with Gasteiger partial charge in [-0.15, -0.1) is 0 Å². The van der Waals surface area contributed by atoms with Crippen molar-refractivity contribution < 1.29 is 0 Å². The van der Waals surface area contributed by atoms with Crippen molar-refractivity contribution in [2.24, 2.45) is 0 Å². The van der Waals surface area contributed by atoms with Gasteiger partial charge in [0.05, 0.1) is 0 Å². The van der Waals surface area contributed by atoms with E-state index in [-0.39, 0.29) is 5.54 Å². The van der Waals surface area contributed by atoms with Gasteiger partial charge in [-0.05, 0) is 45.6 Å². The maximum Gasteiger partial charge on any atom is 0.0398 e. The smallest absolute Gasteiger partial charge is 0.0398 e. The maximum atomic E-state index is 3.44. The van der Waals surface area contributed by atoms with E-state index in [0.29, 0.717) is 0 Å². The minimum atomic E-state index is 0.0979. The summed E-state index contributed by atoms with van der Waals surface area (Å²) in [7, 11) is 4.20. The molecule has 13 heavy (non-hydrogen) atoms. The van der Waals surface area contributed by atoms with Crippen molar-refractivity contribution in [2.75, 3.05) is 14.1 Å². The van der Waals surface area contributed by atoms with Crippen molar-refractivity contribution in [2.45, 2.75) is 19.4 Å². The van der Waals surface area contributed by atoms with Gasteiger partial charge in [-0.1, -0.05) is 28.1 Å². The lowest BCUT2D eigenvalue weighted by Crippen LogP contribution is -2.35. The first-order valence-corrected chi connectivity index (χ1v) is 5.17. The van der Waals surface area contributed by atoms with Gasteiger partial charge in [0.15, 0.2) is 0 Å². The molecule has 1 aromatic carbocycles. The van der Waals surface area contributed by atoms with E-state index in [1.165, 1.54) is 5.56 Å². The molecule has 0 aromatic heterocycles. The summed E-state index contributed by atoms with van der Waals surface area (Å²) < 4.78 is 1.13. The lowest BCUT2D eigenvalue weighted by Gasteiger charge is -2.33. The third kappa shape index (κ3) is 2.32. The summed E-state index contributed by atoms with van der Waals surface area (Å²) in [6.07, 6.45) is 0. The summed E-state index contributed by atoms with van der Waals surface area (Å²) in [5.41, 5.74) is 1.43. The molecule has 0 fully saturated rings. The fraction of sp³-hybridized carbons (Fsp3) is 0.455. The molecule has 0 spiro atoms. The predicted octanol–water partition coefficient (Wildman–Crippen LogP) is 3.25. The maximum absolute atomic E-state index is 3.44. The van der Waals surface area contributed by atoms with Crippen LogP contribution in [-0.2, 0) is 5.54 Å². The van der Waals surface area contributed by atoms with Crippen molar-refractivity contribution >= 4 is 15.9 Å². The fourth-order valence-corrected chi connectivity index (χ4v) is 1.38. The van der Waals surface area contributed by atoms with E-state index in [9.17, 15) is 0 Å². The molecular weight excluding hydrogens is 226 g/mol. The molecule has 0 amide bonds. The molecule has 0 unspecified atom stereocenters. The minimum Gasteiger partial charge on any atom is -0.300 e. The summed E-state index contributed by atoms with van der Waals surface area (Å²) in [5, 5.41) is 0. The first-order chi connectivity index (χ1) is 5.94. The molecule has 0 aliphatic carbocycles. The summed E-state index contributed by atoms with van der Waals surface area (Å²) in [6.45, 7) is 4.44. The third-order valence-corrected chi connectivity index (χ3v) is 3.20. The van der Waals surface area contributed by atoms with Crippen molar-refractivity contribution in [3.63, 3.8) is 0 Å². The molecular formula is C11H16BrN. The first-order valence-electron chi connectivity index (χ1n) is 4.38. The number of nitrogens with zero attached hydrogens (tertiary/aromatic N) is 1. The molecule has 2 heteroatoms. The number of hydrogen-bond donors (Lipinski definition) is 0. The standard InChI is InChI=1S/C11H16BrN/c1-11(2,13(3)4)9-5-7-10(12)8-6-9/h5-8H,1-4H3. The first kappa shape index (κ1) is 10.7. The Morgan fingerprint density at radius 3 is 1.92 bits per heavy atom. The molecule has 0 atom stereocenters. The van der Waals surface area contributed by atoms with E-state index in [1.807, 2.05) is 0 Å². The second-order valence-electron chi connectivity index (χ2n) is 3.96. The van der Waals surface area contributed by atoms with Crippen LogP contribution in [0, 0.1) is 0 Å². The van der Waals surface area contributed by atoms with Gasteiger partial charge in [0, 0.05) is 10.0 Å². The molecule has 1 nitrogen and oxygen atoms in total. The highest BCUT2D eigenvalue weighted by atomic mass is 79.9. The fourth-order valence-electron chi connectivity index (χ4n) is 1.12. The van der Waals surface area contributed by atoms with Gasteiger partial charge in [0.25, 0.3) is 0 Å². The Balaban J connectivity index is 3.01. The molecule has 0 bridgehead atoms. The number of hydrogen-bond acceptors (Lipinski definition) is 1. The average molecular weight is 242 g/mol. The summed E-state index contributed by atoms with van der Waals surface area (Å²) in [4.78, 5) is 2.22. The Bertz CT molecular complexity index is 275. The molecule has 0 aliphatic heterocycles. The number of rotatable bonds is 2. The van der Waals surface area contributed by atoms with E-state index in [4.69, 9.17) is 0 Å². The molecule has 0 N–H and O–H groups in total. The SMILES string of the molecule is CN(C)C(C)(C)c1ccc(Br)cc1. The normalized spacial score (nSPS) is 12.2. The predicted molar refractivity (Wildman–Crippen MR) is 60.9 cm³/mol. The highest BCUT2D eigenvalue weighted by Crippen LogP contribution is 2.26. The van der Waals surface area contributed by atoms with Crippen LogP contribution in [0.15, 0.2) is 28.7 Å². The second-order valence-corrected chi connectivity index (χ2v) is 4.88. The third-order valence-electron chi connectivity index (χ3n) is 2.67. The molecule has 0 radical (unpaired) electrons. The lowest BCUT2D eigenvalue weighted by molar-refractivity contribution is 0.197. The second kappa shape index (κ2) is 3.81. The Kier molecular flexibility index (Phi) is 3.14. The lowest BCUT2D eigenvalue weighted by atomic mass is 9.93. The van der Waals surface area contributed by atoms with Crippen LogP contribution in [-0.4, -0.2) is 19.0 Å². The highest BCUT2D eigenvalue weighted by molar-refractivity contribution is 9.10. The van der Waals surface area contributed by atoms with E-state index in [0.717, 1.165) is 4.47 Å². The van der Waals surface area contributed by atoms with Crippen molar-refractivity contribution in [3.8, 4) is 0 Å². The highest BCUT2D eigenvalue weighted by Gasteiger charge is 2.22. The Morgan fingerprint density at radius 1 is 1.08 bits per heavy atom. The summed E-state index contributed by atoms with van der Waals surface area (Å²) in [6, 6.07) is 8.48. The van der Waals surface area contributed by atoms with Crippen LogP contribution in [0.25, 0.3) is 0 Å². The van der Waals surface area contributed by atoms with Crippen LogP contribution >= 0.6 is 15.9 Å². The molecule has 1 rings (SSSR count). The van der Waals surface area contributed by atoms with E-state index < -0.39 is 0 Å². The Morgan fingerprint density at radius 2 is 1.54 bits per heavy atom. The Hall–Kier alpha value is -0.340. The van der Waals surface area contributed by atoms with Crippen molar-refractivity contribution in [1.29, 1.82) is 0 Å². The van der Waals surface area contributed by atoms with Crippen molar-refractivity contribution in [1.82, 2.24) is 4.90 Å². The van der Waals surface area contributed by atoms with Crippen LogP contribution in [0.3, 0.4) is 0 Å². The molecule has 0 saturated heterocycles. The summed E-state index contributed by atoms with van der Waals surface area (Å²) >= 11 is 3.44. The van der Waals surface area contributed by atoms with Gasteiger partial charge in [-0.2, -0.15) is 0 Å². The zero-order valence-electron chi connectivity index (χ0n) is 8.63. The monoisotopic (exact) mass is 241 g/mol. The van der Waals surface area contributed by atoms with Crippen LogP contribution in [0.4, 0.5) is 0 Å². The van der Waals surface area contributed by atoms with Crippen molar-refractivity contribution in [3.05, 3.63) is 34.3 Å². The van der Waals surface area contributed by atoms with Gasteiger partial charge in [0.1, 0.15) is 0 Å². The quantitative estimate of drug-likeness (QED) is 0.769. The van der Waals surface area contributed by atoms with E-state index in [1.54, 1.807) is 0 Å². The average Bonchev–Trinajstić information content (AvgIpc) is 2.04. The van der Waals surface area contributed by atoms with Gasteiger partial charge in [0.2, 0.25) is 0 Å². The number of benzene rings is 1. The van der Waals surface area contributed by atoms with Gasteiger partial charge in [-0.3, -0.25) is 0 Å². The number of halogens is 1. The van der Waals surface area contributed by atoms with E-state index in [2.05, 4.69) is 73.0 Å². The van der Waals surface area contributed by atoms with Gasteiger partial charge < -0.3 is 4.90 Å². The summed E-state index contributed by atoms with van der Waals surface area (Å²) in [5.74, 6) is 0. The van der Waals surface area contributed by atoms with Gasteiger partial charge in [-0.25, -0.2) is 0 Å². The van der Waals surface area contributed by atoms with Crippen LogP contribution in [0.1, 0.15) is 19.4 Å². The zero-order valence-corrected chi connectivity index (χ0v) is 10.2. The Labute approximate surface area is 88.9 Å². The molecule has 0 heterocycles. The van der Waals surface area contributed by atoms with Crippen LogP contribution in [0.5, 0.6) is 0 Å². The topological polar surface area (TPSA) is 3.24 Å². The van der Waals surface area contributed by atoms with Crippen LogP contribution < -0.4 is 0 Å². The molecule has 0 saturated carbocycles. The molecule has 0 aliphatic rings. The largest absolute Gasteiger partial charge is 0.300 e. The van der Waals surface area contributed by atoms with Crippen LogP contribution in [0.2, 0.25) is 0 Å². The minimum absolute atomic E-state index is 0.0979. The zero-order chi connectivity index (χ0) is 10.1. The molecule has 72 valence electrons.